The van der Waals surface area contributed by atoms with E-state index in [1.54, 1.807) is 7.05 Å². The molecule has 1 aromatic heterocycles. The standard InChI is InChI=1S/C11H11ClFN5O/c1-14-9-16-10(18-11(17-9)19-2)15-8-5-6(12)3-4-7(8)13/h3-5H,1-2H3,(H2,14,15,16,17,18). The molecule has 19 heavy (non-hydrogen) atoms. The number of rotatable bonds is 4. The lowest BCUT2D eigenvalue weighted by molar-refractivity contribution is 0.379. The SMILES string of the molecule is CNc1nc(Nc2cc(Cl)ccc2F)nc(OC)n1. The number of anilines is 3. The minimum absolute atomic E-state index is 0.115. The van der Waals surface area contributed by atoms with Gasteiger partial charge in [-0.05, 0) is 18.2 Å². The normalized spacial score (nSPS) is 10.1. The Morgan fingerprint density at radius 3 is 2.63 bits per heavy atom. The summed E-state index contributed by atoms with van der Waals surface area (Å²) in [5.41, 5.74) is 0.169. The van der Waals surface area contributed by atoms with Gasteiger partial charge in [0, 0.05) is 12.1 Å². The second-order valence-corrected chi connectivity index (χ2v) is 3.90. The molecule has 0 aliphatic heterocycles. The zero-order chi connectivity index (χ0) is 13.8. The largest absolute Gasteiger partial charge is 0.467 e. The molecule has 0 saturated heterocycles. The molecule has 6 nitrogen and oxygen atoms in total. The Hall–Kier alpha value is -2.15. The zero-order valence-electron chi connectivity index (χ0n) is 10.2. The van der Waals surface area contributed by atoms with Crippen LogP contribution in [0.1, 0.15) is 0 Å². The Morgan fingerprint density at radius 2 is 1.95 bits per heavy atom. The van der Waals surface area contributed by atoms with E-state index in [2.05, 4.69) is 25.6 Å². The molecular weight excluding hydrogens is 273 g/mol. The predicted octanol–water partition coefficient (Wildman–Crippen LogP) is 2.46. The van der Waals surface area contributed by atoms with Crippen LogP contribution >= 0.6 is 11.6 Å². The van der Waals surface area contributed by atoms with E-state index < -0.39 is 5.82 Å². The summed E-state index contributed by atoms with van der Waals surface area (Å²) in [6, 6.07) is 4.26. The molecule has 0 spiro atoms. The Kier molecular flexibility index (Phi) is 3.96. The van der Waals surface area contributed by atoms with Gasteiger partial charge < -0.3 is 15.4 Å². The number of nitrogens with one attached hydrogen (secondary N) is 2. The number of benzene rings is 1. The molecule has 2 aromatic rings. The Balaban J connectivity index is 2.34. The van der Waals surface area contributed by atoms with E-state index in [4.69, 9.17) is 16.3 Å². The third-order valence-corrected chi connectivity index (χ3v) is 2.43. The van der Waals surface area contributed by atoms with Gasteiger partial charge in [-0.15, -0.1) is 0 Å². The van der Waals surface area contributed by atoms with Crippen LogP contribution in [0.4, 0.5) is 22.0 Å². The van der Waals surface area contributed by atoms with Crippen LogP contribution in [0.2, 0.25) is 5.02 Å². The van der Waals surface area contributed by atoms with Crippen molar-refractivity contribution in [1.82, 2.24) is 15.0 Å². The summed E-state index contributed by atoms with van der Waals surface area (Å²) in [6.07, 6.45) is 0. The van der Waals surface area contributed by atoms with Crippen LogP contribution in [0.15, 0.2) is 18.2 Å². The van der Waals surface area contributed by atoms with Gasteiger partial charge in [-0.1, -0.05) is 11.6 Å². The first kappa shape index (κ1) is 13.3. The monoisotopic (exact) mass is 283 g/mol. The van der Waals surface area contributed by atoms with Crippen molar-refractivity contribution < 1.29 is 9.13 Å². The molecule has 2 N–H and O–H groups in total. The molecule has 100 valence electrons. The maximum atomic E-state index is 13.6. The van der Waals surface area contributed by atoms with Gasteiger partial charge in [0.2, 0.25) is 11.9 Å². The number of nitrogens with zero attached hydrogens (tertiary/aromatic N) is 3. The van der Waals surface area contributed by atoms with Crippen LogP contribution in [-0.2, 0) is 0 Å². The fraction of sp³-hybridized carbons (Fsp3) is 0.182. The molecule has 1 heterocycles. The Labute approximate surface area is 114 Å². The van der Waals surface area contributed by atoms with E-state index in [1.165, 1.54) is 25.3 Å². The fourth-order valence-electron chi connectivity index (χ4n) is 1.33. The van der Waals surface area contributed by atoms with Gasteiger partial charge in [0.15, 0.2) is 0 Å². The average Bonchev–Trinajstić information content (AvgIpc) is 2.42. The average molecular weight is 284 g/mol. The topological polar surface area (TPSA) is 72.0 Å². The number of halogens is 2. The summed E-state index contributed by atoms with van der Waals surface area (Å²) < 4.78 is 18.5. The predicted molar refractivity (Wildman–Crippen MR) is 70.6 cm³/mol. The van der Waals surface area contributed by atoms with Crippen molar-refractivity contribution in [2.24, 2.45) is 0 Å². The van der Waals surface area contributed by atoms with Gasteiger partial charge in [-0.2, -0.15) is 15.0 Å². The van der Waals surface area contributed by atoms with Gasteiger partial charge in [-0.3, -0.25) is 0 Å². The summed E-state index contributed by atoms with van der Waals surface area (Å²) in [7, 11) is 3.08. The first-order valence-corrected chi connectivity index (χ1v) is 5.70. The lowest BCUT2D eigenvalue weighted by Gasteiger charge is -2.08. The van der Waals surface area contributed by atoms with Crippen molar-refractivity contribution in [2.45, 2.75) is 0 Å². The molecule has 1 aromatic carbocycles. The lowest BCUT2D eigenvalue weighted by Crippen LogP contribution is -2.06. The maximum Gasteiger partial charge on any atom is 0.322 e. The highest BCUT2D eigenvalue weighted by molar-refractivity contribution is 6.30. The molecule has 0 unspecified atom stereocenters. The van der Waals surface area contributed by atoms with Crippen molar-refractivity contribution in [3.05, 3.63) is 29.0 Å². The quantitative estimate of drug-likeness (QED) is 0.898. The highest BCUT2D eigenvalue weighted by atomic mass is 35.5. The second-order valence-electron chi connectivity index (χ2n) is 3.47. The third kappa shape index (κ3) is 3.19. The second kappa shape index (κ2) is 5.66. The Morgan fingerprint density at radius 1 is 1.21 bits per heavy atom. The van der Waals surface area contributed by atoms with Crippen LogP contribution in [-0.4, -0.2) is 29.1 Å². The van der Waals surface area contributed by atoms with Crippen molar-refractivity contribution in [1.29, 1.82) is 0 Å². The fourth-order valence-corrected chi connectivity index (χ4v) is 1.50. The first-order chi connectivity index (χ1) is 9.12. The molecule has 0 aliphatic rings. The molecule has 0 fully saturated rings. The van der Waals surface area contributed by atoms with Gasteiger partial charge in [0.1, 0.15) is 5.82 Å². The van der Waals surface area contributed by atoms with Gasteiger partial charge in [0.25, 0.3) is 0 Å². The van der Waals surface area contributed by atoms with Crippen LogP contribution in [0, 0.1) is 5.82 Å². The highest BCUT2D eigenvalue weighted by Gasteiger charge is 2.09. The lowest BCUT2D eigenvalue weighted by atomic mass is 10.3. The summed E-state index contributed by atoms with van der Waals surface area (Å²) in [5.74, 6) is -0.0102. The van der Waals surface area contributed by atoms with E-state index in [0.717, 1.165) is 0 Å². The molecule has 0 atom stereocenters. The van der Waals surface area contributed by atoms with E-state index in [9.17, 15) is 4.39 Å². The van der Waals surface area contributed by atoms with Crippen molar-refractivity contribution in [2.75, 3.05) is 24.8 Å². The van der Waals surface area contributed by atoms with Crippen LogP contribution < -0.4 is 15.4 Å². The number of ether oxygens (including phenoxy) is 1. The highest BCUT2D eigenvalue weighted by Crippen LogP contribution is 2.23. The third-order valence-electron chi connectivity index (χ3n) is 2.20. The number of hydrogen-bond donors (Lipinski definition) is 2. The van der Waals surface area contributed by atoms with Crippen LogP contribution in [0.3, 0.4) is 0 Å². The van der Waals surface area contributed by atoms with E-state index >= 15 is 0 Å². The van der Waals surface area contributed by atoms with Crippen molar-refractivity contribution >= 4 is 29.2 Å². The molecule has 0 aliphatic carbocycles. The number of aromatic nitrogens is 3. The zero-order valence-corrected chi connectivity index (χ0v) is 11.0. The summed E-state index contributed by atoms with van der Waals surface area (Å²) in [6.45, 7) is 0. The maximum absolute atomic E-state index is 13.6. The van der Waals surface area contributed by atoms with E-state index in [-0.39, 0.29) is 17.6 Å². The first-order valence-electron chi connectivity index (χ1n) is 5.32. The van der Waals surface area contributed by atoms with E-state index in [0.29, 0.717) is 11.0 Å². The summed E-state index contributed by atoms with van der Waals surface area (Å²) >= 11 is 5.80. The summed E-state index contributed by atoms with van der Waals surface area (Å²) in [4.78, 5) is 11.9. The minimum atomic E-state index is -0.463. The van der Waals surface area contributed by atoms with Gasteiger partial charge >= 0.3 is 6.01 Å². The van der Waals surface area contributed by atoms with Gasteiger partial charge in [0.05, 0.1) is 12.8 Å². The molecule has 0 bridgehead atoms. The number of methoxy groups -OCH3 is 1. The van der Waals surface area contributed by atoms with Gasteiger partial charge in [-0.25, -0.2) is 4.39 Å². The van der Waals surface area contributed by atoms with Crippen LogP contribution in [0.25, 0.3) is 0 Å². The smallest absolute Gasteiger partial charge is 0.322 e. The Bertz CT molecular complexity index is 573. The summed E-state index contributed by atoms with van der Waals surface area (Å²) in [5, 5.41) is 5.87. The van der Waals surface area contributed by atoms with Crippen molar-refractivity contribution in [3.63, 3.8) is 0 Å². The molecule has 8 heteroatoms. The van der Waals surface area contributed by atoms with Crippen molar-refractivity contribution in [3.8, 4) is 6.01 Å². The molecule has 2 rings (SSSR count). The molecule has 0 saturated carbocycles. The molecule has 0 amide bonds. The van der Waals surface area contributed by atoms with Crippen LogP contribution in [0.5, 0.6) is 6.01 Å². The van der Waals surface area contributed by atoms with E-state index in [1.807, 2.05) is 0 Å². The minimum Gasteiger partial charge on any atom is -0.467 e. The number of hydrogen-bond acceptors (Lipinski definition) is 6. The molecular formula is C11H11ClFN5O. The molecule has 0 radical (unpaired) electrons.